The van der Waals surface area contributed by atoms with Crippen LogP contribution in [0, 0.1) is 0 Å². The number of aromatic nitrogens is 2. The van der Waals surface area contributed by atoms with Crippen molar-refractivity contribution in [1.29, 1.82) is 0 Å². The Kier molecular flexibility index (Phi) is 6.82. The number of carbonyl (C=O) groups is 1. The molecule has 3 aromatic rings. The van der Waals surface area contributed by atoms with Crippen molar-refractivity contribution < 1.29 is 18.0 Å². The number of pyridine rings is 1. The summed E-state index contributed by atoms with van der Waals surface area (Å²) in [7, 11) is 0. The van der Waals surface area contributed by atoms with E-state index < -0.39 is 11.7 Å². The first-order valence-electron chi connectivity index (χ1n) is 8.94. The fraction of sp³-hybridized carbons (Fsp3) is 0.250. The summed E-state index contributed by atoms with van der Waals surface area (Å²) in [6.07, 6.45) is 0.483. The van der Waals surface area contributed by atoms with E-state index in [0.29, 0.717) is 6.54 Å². The zero-order valence-corrected chi connectivity index (χ0v) is 16.2. The SMILES string of the molecule is O=C(CNc1cccc(C(F)(F)F)c1)NCCCc1nc(-c2ccncc2)cs1. The molecule has 152 valence electrons. The first-order valence-corrected chi connectivity index (χ1v) is 9.82. The van der Waals surface area contributed by atoms with E-state index in [1.807, 2.05) is 17.5 Å². The molecule has 0 unspecified atom stereocenters. The van der Waals surface area contributed by atoms with Crippen molar-refractivity contribution in [2.75, 3.05) is 18.4 Å². The third-order valence-electron chi connectivity index (χ3n) is 4.06. The normalized spacial score (nSPS) is 11.3. The van der Waals surface area contributed by atoms with Gasteiger partial charge in [-0.05, 0) is 36.8 Å². The predicted octanol–water partition coefficient (Wildman–Crippen LogP) is 4.38. The number of hydrogen-bond acceptors (Lipinski definition) is 5. The van der Waals surface area contributed by atoms with E-state index in [9.17, 15) is 18.0 Å². The summed E-state index contributed by atoms with van der Waals surface area (Å²) < 4.78 is 38.1. The third-order valence-corrected chi connectivity index (χ3v) is 4.97. The largest absolute Gasteiger partial charge is 0.416 e. The van der Waals surface area contributed by atoms with E-state index in [2.05, 4.69) is 20.6 Å². The first kappa shape index (κ1) is 20.8. The number of nitrogens with zero attached hydrogens (tertiary/aromatic N) is 2. The number of hydrogen-bond donors (Lipinski definition) is 2. The second kappa shape index (κ2) is 9.51. The third kappa shape index (κ3) is 6.28. The summed E-state index contributed by atoms with van der Waals surface area (Å²) in [6, 6.07) is 8.57. The fourth-order valence-electron chi connectivity index (χ4n) is 2.60. The fourth-order valence-corrected chi connectivity index (χ4v) is 3.45. The maximum absolute atomic E-state index is 12.7. The second-order valence-corrected chi connectivity index (χ2v) is 7.19. The molecule has 0 bridgehead atoms. The summed E-state index contributed by atoms with van der Waals surface area (Å²) in [5.74, 6) is -0.279. The Hall–Kier alpha value is -2.94. The Balaban J connectivity index is 1.38. The van der Waals surface area contributed by atoms with Crippen LogP contribution >= 0.6 is 11.3 Å². The van der Waals surface area contributed by atoms with E-state index in [1.165, 1.54) is 12.1 Å². The molecular formula is C20H19F3N4OS. The quantitative estimate of drug-likeness (QED) is 0.531. The summed E-state index contributed by atoms with van der Waals surface area (Å²) in [5.41, 5.74) is 1.41. The molecule has 5 nitrogen and oxygen atoms in total. The highest BCUT2D eigenvalue weighted by Crippen LogP contribution is 2.30. The van der Waals surface area contributed by atoms with Crippen LogP contribution in [0.2, 0.25) is 0 Å². The van der Waals surface area contributed by atoms with Crippen LogP contribution in [0.25, 0.3) is 11.3 Å². The lowest BCUT2D eigenvalue weighted by Gasteiger charge is -2.10. The van der Waals surface area contributed by atoms with Gasteiger partial charge in [-0.25, -0.2) is 4.98 Å². The van der Waals surface area contributed by atoms with Gasteiger partial charge in [0.1, 0.15) is 0 Å². The molecule has 0 saturated carbocycles. The lowest BCUT2D eigenvalue weighted by atomic mass is 10.2. The molecule has 2 N–H and O–H groups in total. The number of nitrogens with one attached hydrogen (secondary N) is 2. The molecule has 0 aliphatic rings. The van der Waals surface area contributed by atoms with Gasteiger partial charge in [-0.2, -0.15) is 13.2 Å². The average molecular weight is 420 g/mol. The summed E-state index contributed by atoms with van der Waals surface area (Å²) in [6.45, 7) is 0.373. The van der Waals surface area contributed by atoms with Gasteiger partial charge in [-0.3, -0.25) is 9.78 Å². The topological polar surface area (TPSA) is 66.9 Å². The van der Waals surface area contributed by atoms with Gasteiger partial charge in [-0.1, -0.05) is 6.07 Å². The molecule has 1 aromatic carbocycles. The second-order valence-electron chi connectivity index (χ2n) is 6.25. The predicted molar refractivity (Wildman–Crippen MR) is 107 cm³/mol. The van der Waals surface area contributed by atoms with Crippen LogP contribution in [0.3, 0.4) is 0 Å². The van der Waals surface area contributed by atoms with Gasteiger partial charge in [0.2, 0.25) is 5.91 Å². The minimum absolute atomic E-state index is 0.0925. The molecule has 3 rings (SSSR count). The van der Waals surface area contributed by atoms with E-state index in [4.69, 9.17) is 0 Å². The molecule has 0 aliphatic heterocycles. The molecule has 0 radical (unpaired) electrons. The van der Waals surface area contributed by atoms with Crippen LogP contribution in [-0.2, 0) is 17.4 Å². The van der Waals surface area contributed by atoms with E-state index in [0.717, 1.165) is 41.2 Å². The molecule has 2 heterocycles. The Morgan fingerprint density at radius 2 is 1.93 bits per heavy atom. The van der Waals surface area contributed by atoms with Crippen molar-refractivity contribution in [3.8, 4) is 11.3 Å². The van der Waals surface area contributed by atoms with Crippen LogP contribution in [-0.4, -0.2) is 29.0 Å². The molecule has 0 spiro atoms. The van der Waals surface area contributed by atoms with Crippen molar-refractivity contribution in [2.24, 2.45) is 0 Å². The van der Waals surface area contributed by atoms with E-state index in [1.54, 1.807) is 23.7 Å². The van der Waals surface area contributed by atoms with Gasteiger partial charge in [-0.15, -0.1) is 11.3 Å². The van der Waals surface area contributed by atoms with Gasteiger partial charge in [0.25, 0.3) is 0 Å². The first-order chi connectivity index (χ1) is 13.9. The number of halogens is 3. The summed E-state index contributed by atoms with van der Waals surface area (Å²) in [4.78, 5) is 20.4. The highest BCUT2D eigenvalue weighted by molar-refractivity contribution is 7.09. The lowest BCUT2D eigenvalue weighted by Crippen LogP contribution is -2.30. The molecule has 29 heavy (non-hydrogen) atoms. The summed E-state index contributed by atoms with van der Waals surface area (Å²) in [5, 5.41) is 8.43. The number of carbonyl (C=O) groups excluding carboxylic acids is 1. The molecule has 9 heteroatoms. The van der Waals surface area contributed by atoms with Crippen LogP contribution in [0.4, 0.5) is 18.9 Å². The Labute approximate surface area is 170 Å². The number of rotatable bonds is 8. The van der Waals surface area contributed by atoms with Crippen molar-refractivity contribution >= 4 is 22.9 Å². The molecule has 0 atom stereocenters. The summed E-state index contributed by atoms with van der Waals surface area (Å²) >= 11 is 1.57. The Morgan fingerprint density at radius 1 is 1.14 bits per heavy atom. The Bertz CT molecular complexity index is 944. The van der Waals surface area contributed by atoms with E-state index >= 15 is 0 Å². The van der Waals surface area contributed by atoms with Crippen LogP contribution in [0.15, 0.2) is 54.2 Å². The Morgan fingerprint density at radius 3 is 2.69 bits per heavy atom. The van der Waals surface area contributed by atoms with E-state index in [-0.39, 0.29) is 18.1 Å². The van der Waals surface area contributed by atoms with Gasteiger partial charge in [0.05, 0.1) is 22.8 Å². The van der Waals surface area contributed by atoms with Crippen LogP contribution in [0.5, 0.6) is 0 Å². The minimum atomic E-state index is -4.41. The molecule has 1 amide bonds. The van der Waals surface area contributed by atoms with Crippen LogP contribution in [0.1, 0.15) is 17.0 Å². The molecular weight excluding hydrogens is 401 g/mol. The van der Waals surface area contributed by atoms with Crippen molar-refractivity contribution in [2.45, 2.75) is 19.0 Å². The number of amides is 1. The monoisotopic (exact) mass is 420 g/mol. The molecule has 0 saturated heterocycles. The van der Waals surface area contributed by atoms with Crippen molar-refractivity contribution in [3.05, 3.63) is 64.7 Å². The minimum Gasteiger partial charge on any atom is -0.376 e. The molecule has 0 fully saturated rings. The highest BCUT2D eigenvalue weighted by Gasteiger charge is 2.30. The average Bonchev–Trinajstić information content (AvgIpc) is 3.19. The number of benzene rings is 1. The van der Waals surface area contributed by atoms with Gasteiger partial charge in [0, 0.05) is 42.0 Å². The van der Waals surface area contributed by atoms with Gasteiger partial charge < -0.3 is 10.6 Å². The smallest absolute Gasteiger partial charge is 0.376 e. The standard InChI is InChI=1S/C20H19F3N4OS/c21-20(22,23)15-3-1-4-16(11-15)26-12-18(28)25-8-2-5-19-27-17(13-29-19)14-6-9-24-10-7-14/h1,3-4,6-7,9-11,13,26H,2,5,8,12H2,(H,25,28). The maximum Gasteiger partial charge on any atom is 0.416 e. The number of aryl methyl sites for hydroxylation is 1. The maximum atomic E-state index is 12.7. The van der Waals surface area contributed by atoms with Crippen molar-refractivity contribution in [3.63, 3.8) is 0 Å². The lowest BCUT2D eigenvalue weighted by molar-refractivity contribution is -0.137. The highest BCUT2D eigenvalue weighted by atomic mass is 32.1. The number of alkyl halides is 3. The number of thiazole rings is 1. The van der Waals surface area contributed by atoms with Gasteiger partial charge in [0.15, 0.2) is 0 Å². The molecule has 0 aliphatic carbocycles. The van der Waals surface area contributed by atoms with Crippen LogP contribution < -0.4 is 10.6 Å². The zero-order valence-electron chi connectivity index (χ0n) is 15.4. The molecule has 2 aromatic heterocycles. The zero-order chi connectivity index (χ0) is 20.7. The van der Waals surface area contributed by atoms with Gasteiger partial charge >= 0.3 is 6.18 Å². The number of anilines is 1. The van der Waals surface area contributed by atoms with Crippen molar-refractivity contribution in [1.82, 2.24) is 15.3 Å².